The zero-order chi connectivity index (χ0) is 8.97. The highest BCUT2D eigenvalue weighted by Crippen LogP contribution is 2.33. The maximum atomic E-state index is 10.9. The number of nitrogens with zero attached hydrogens (tertiary/aromatic N) is 1. The van der Waals surface area contributed by atoms with Crippen LogP contribution in [0.25, 0.3) is 0 Å². The molecule has 0 radical (unpaired) electrons. The molecule has 0 aliphatic heterocycles. The van der Waals surface area contributed by atoms with Crippen LogP contribution in [0.3, 0.4) is 0 Å². The first-order valence-electron chi connectivity index (χ1n) is 4.38. The minimum absolute atomic E-state index is 0.0188. The van der Waals surface area contributed by atoms with Gasteiger partial charge in [-0.05, 0) is 19.3 Å². The number of amides is 1. The largest absolute Gasteiger partial charge is 0.353 e. The molecule has 0 bridgehead atoms. The Balaban J connectivity index is 2.11. The Labute approximate surface area is 72.8 Å². The van der Waals surface area contributed by atoms with E-state index in [1.54, 1.807) is 0 Å². The van der Waals surface area contributed by atoms with Crippen LogP contribution in [0.15, 0.2) is 0 Å². The molecule has 1 fully saturated rings. The third-order valence-corrected chi connectivity index (χ3v) is 2.03. The Bertz CT molecular complexity index is 203. The highest BCUT2D eigenvalue weighted by atomic mass is 16.1. The van der Waals surface area contributed by atoms with Gasteiger partial charge in [-0.1, -0.05) is 12.8 Å². The standard InChI is InChI=1S/C9H14N2O/c1-7(6-8-2-3-8)11-9(12)4-5-10/h7-8H,2-4,6H2,1H3,(H,11,12). The quantitative estimate of drug-likeness (QED) is 0.682. The maximum Gasteiger partial charge on any atom is 0.234 e. The molecule has 1 amide bonds. The monoisotopic (exact) mass is 166 g/mol. The molecule has 0 heterocycles. The Morgan fingerprint density at radius 1 is 1.75 bits per heavy atom. The molecule has 0 spiro atoms. The number of hydrogen-bond acceptors (Lipinski definition) is 2. The van der Waals surface area contributed by atoms with Crippen molar-refractivity contribution in [3.8, 4) is 6.07 Å². The molecule has 3 nitrogen and oxygen atoms in total. The summed E-state index contributed by atoms with van der Waals surface area (Å²) in [6.07, 6.45) is 3.66. The molecule has 1 saturated carbocycles. The van der Waals surface area contributed by atoms with Crippen molar-refractivity contribution in [2.75, 3.05) is 0 Å². The van der Waals surface area contributed by atoms with Gasteiger partial charge >= 0.3 is 0 Å². The number of hydrogen-bond donors (Lipinski definition) is 1. The SMILES string of the molecule is CC(CC1CC1)NC(=O)CC#N. The van der Waals surface area contributed by atoms with Crippen LogP contribution in [-0.4, -0.2) is 11.9 Å². The maximum absolute atomic E-state index is 10.9. The average molecular weight is 166 g/mol. The third-order valence-electron chi connectivity index (χ3n) is 2.03. The molecular weight excluding hydrogens is 152 g/mol. The lowest BCUT2D eigenvalue weighted by Crippen LogP contribution is -2.32. The van der Waals surface area contributed by atoms with Crippen LogP contribution in [0.2, 0.25) is 0 Å². The molecular formula is C9H14N2O. The predicted molar refractivity (Wildman–Crippen MR) is 45.2 cm³/mol. The molecule has 1 N–H and O–H groups in total. The molecule has 66 valence electrons. The fourth-order valence-electron chi connectivity index (χ4n) is 1.31. The molecule has 3 heteroatoms. The van der Waals surface area contributed by atoms with Crippen LogP contribution in [0, 0.1) is 17.2 Å². The van der Waals surface area contributed by atoms with Crippen LogP contribution < -0.4 is 5.32 Å². The second kappa shape index (κ2) is 4.10. The van der Waals surface area contributed by atoms with Crippen LogP contribution in [0.4, 0.5) is 0 Å². The van der Waals surface area contributed by atoms with Gasteiger partial charge in [0.1, 0.15) is 6.42 Å². The number of nitrogens with one attached hydrogen (secondary N) is 1. The van der Waals surface area contributed by atoms with Crippen molar-refractivity contribution in [3.05, 3.63) is 0 Å². The van der Waals surface area contributed by atoms with Crippen LogP contribution in [-0.2, 0) is 4.79 Å². The zero-order valence-electron chi connectivity index (χ0n) is 7.34. The number of nitriles is 1. The summed E-state index contributed by atoms with van der Waals surface area (Å²) in [7, 11) is 0. The number of carbonyl (C=O) groups is 1. The first-order valence-corrected chi connectivity index (χ1v) is 4.38. The van der Waals surface area contributed by atoms with Crippen LogP contribution in [0.1, 0.15) is 32.6 Å². The molecule has 1 aliphatic carbocycles. The van der Waals surface area contributed by atoms with Crippen molar-refractivity contribution in [3.63, 3.8) is 0 Å². The summed E-state index contributed by atoms with van der Waals surface area (Å²) in [4.78, 5) is 10.9. The summed E-state index contributed by atoms with van der Waals surface area (Å²) in [5.41, 5.74) is 0. The van der Waals surface area contributed by atoms with Crippen LogP contribution in [0.5, 0.6) is 0 Å². The zero-order valence-corrected chi connectivity index (χ0v) is 7.34. The minimum atomic E-state index is -0.148. The van der Waals surface area contributed by atoms with Crippen molar-refractivity contribution in [2.24, 2.45) is 5.92 Å². The van der Waals surface area contributed by atoms with Gasteiger partial charge in [-0.25, -0.2) is 0 Å². The van der Waals surface area contributed by atoms with Crippen LogP contribution >= 0.6 is 0 Å². The van der Waals surface area contributed by atoms with Crippen molar-refractivity contribution >= 4 is 5.91 Å². The molecule has 1 rings (SSSR count). The van der Waals surface area contributed by atoms with Crippen molar-refractivity contribution < 1.29 is 4.79 Å². The van der Waals surface area contributed by atoms with Gasteiger partial charge in [-0.3, -0.25) is 4.79 Å². The summed E-state index contributed by atoms with van der Waals surface area (Å²) >= 11 is 0. The molecule has 1 aliphatic rings. The smallest absolute Gasteiger partial charge is 0.234 e. The molecule has 0 saturated heterocycles. The van der Waals surface area contributed by atoms with E-state index in [0.717, 1.165) is 12.3 Å². The number of rotatable bonds is 4. The van der Waals surface area contributed by atoms with E-state index in [1.165, 1.54) is 12.8 Å². The van der Waals surface area contributed by atoms with Gasteiger partial charge in [0.2, 0.25) is 5.91 Å². The molecule has 1 atom stereocenters. The fraction of sp³-hybridized carbons (Fsp3) is 0.778. The topological polar surface area (TPSA) is 52.9 Å². The van der Waals surface area contributed by atoms with E-state index in [1.807, 2.05) is 13.0 Å². The third kappa shape index (κ3) is 3.38. The van der Waals surface area contributed by atoms with Gasteiger partial charge in [-0.15, -0.1) is 0 Å². The minimum Gasteiger partial charge on any atom is -0.353 e. The fourth-order valence-corrected chi connectivity index (χ4v) is 1.31. The first-order chi connectivity index (χ1) is 5.72. The lowest BCUT2D eigenvalue weighted by Gasteiger charge is -2.11. The Kier molecular flexibility index (Phi) is 3.09. The average Bonchev–Trinajstić information content (AvgIpc) is 2.71. The normalized spacial score (nSPS) is 18.0. The van der Waals surface area contributed by atoms with E-state index in [-0.39, 0.29) is 18.4 Å². The molecule has 1 unspecified atom stereocenters. The first kappa shape index (κ1) is 9.05. The molecule has 12 heavy (non-hydrogen) atoms. The summed E-state index contributed by atoms with van der Waals surface area (Å²) in [6.45, 7) is 1.99. The highest BCUT2D eigenvalue weighted by molar-refractivity contribution is 5.78. The number of carbonyl (C=O) groups excluding carboxylic acids is 1. The van der Waals surface area contributed by atoms with Crippen molar-refractivity contribution in [1.82, 2.24) is 5.32 Å². The Hall–Kier alpha value is -1.04. The summed E-state index contributed by atoms with van der Waals surface area (Å²) < 4.78 is 0. The van der Waals surface area contributed by atoms with E-state index < -0.39 is 0 Å². The second-order valence-corrected chi connectivity index (χ2v) is 3.48. The summed E-state index contributed by atoms with van der Waals surface area (Å²) in [5.74, 6) is 0.674. The lowest BCUT2D eigenvalue weighted by atomic mass is 10.1. The van der Waals surface area contributed by atoms with E-state index in [2.05, 4.69) is 5.32 Å². The lowest BCUT2D eigenvalue weighted by molar-refractivity contribution is -0.120. The van der Waals surface area contributed by atoms with Crippen molar-refractivity contribution in [2.45, 2.75) is 38.6 Å². The predicted octanol–water partition coefficient (Wildman–Crippen LogP) is 1.20. The van der Waals surface area contributed by atoms with E-state index in [9.17, 15) is 4.79 Å². The highest BCUT2D eigenvalue weighted by Gasteiger charge is 2.23. The van der Waals surface area contributed by atoms with Gasteiger partial charge in [0.25, 0.3) is 0 Å². The second-order valence-electron chi connectivity index (χ2n) is 3.48. The summed E-state index contributed by atoms with van der Waals surface area (Å²) in [6, 6.07) is 2.06. The van der Waals surface area contributed by atoms with Gasteiger partial charge in [0, 0.05) is 6.04 Å². The van der Waals surface area contributed by atoms with E-state index >= 15 is 0 Å². The Morgan fingerprint density at radius 3 is 2.92 bits per heavy atom. The van der Waals surface area contributed by atoms with Gasteiger partial charge in [-0.2, -0.15) is 5.26 Å². The van der Waals surface area contributed by atoms with Gasteiger partial charge in [0.15, 0.2) is 0 Å². The summed E-state index contributed by atoms with van der Waals surface area (Å²) in [5, 5.41) is 11.0. The Morgan fingerprint density at radius 2 is 2.42 bits per heavy atom. The molecule has 0 aromatic rings. The van der Waals surface area contributed by atoms with Gasteiger partial charge in [0.05, 0.1) is 6.07 Å². The molecule has 0 aromatic carbocycles. The molecule has 0 aromatic heterocycles. The van der Waals surface area contributed by atoms with Gasteiger partial charge < -0.3 is 5.32 Å². The van der Waals surface area contributed by atoms with E-state index in [0.29, 0.717) is 0 Å². The van der Waals surface area contributed by atoms with E-state index in [4.69, 9.17) is 5.26 Å². The van der Waals surface area contributed by atoms with Crippen molar-refractivity contribution in [1.29, 1.82) is 5.26 Å².